The van der Waals surface area contributed by atoms with Crippen LogP contribution in [-0.4, -0.2) is 24.4 Å². The van der Waals surface area contributed by atoms with E-state index in [2.05, 4.69) is 10.6 Å². The third kappa shape index (κ3) is 4.57. The van der Waals surface area contributed by atoms with Gasteiger partial charge in [-0.25, -0.2) is 0 Å². The van der Waals surface area contributed by atoms with E-state index in [9.17, 15) is 9.59 Å². The minimum absolute atomic E-state index is 0.0326. The Labute approximate surface area is 108 Å². The summed E-state index contributed by atoms with van der Waals surface area (Å²) in [7, 11) is 0. The molecule has 0 fully saturated rings. The maximum Gasteiger partial charge on any atom is 0.309 e. The van der Waals surface area contributed by atoms with Crippen molar-refractivity contribution >= 4 is 11.8 Å². The van der Waals surface area contributed by atoms with Crippen LogP contribution in [-0.2, 0) is 9.59 Å². The fourth-order valence-electron chi connectivity index (χ4n) is 1.55. The smallest absolute Gasteiger partial charge is 0.309 e. The van der Waals surface area contributed by atoms with Crippen molar-refractivity contribution in [2.75, 3.05) is 6.54 Å². The zero-order chi connectivity index (χ0) is 13.5. The largest absolute Gasteiger partial charge is 0.347 e. The summed E-state index contributed by atoms with van der Waals surface area (Å²) >= 11 is 0. The van der Waals surface area contributed by atoms with Gasteiger partial charge in [-0.2, -0.15) is 0 Å². The molecule has 0 saturated carbocycles. The van der Waals surface area contributed by atoms with E-state index in [4.69, 9.17) is 0 Å². The lowest BCUT2D eigenvalue weighted by atomic mass is 10.0. The molecule has 0 aromatic heterocycles. The van der Waals surface area contributed by atoms with Crippen LogP contribution in [0.4, 0.5) is 0 Å². The van der Waals surface area contributed by atoms with Gasteiger partial charge in [-0.15, -0.1) is 0 Å². The summed E-state index contributed by atoms with van der Waals surface area (Å²) in [4.78, 5) is 22.9. The standard InChI is InChI=1S/C14H20N2O2/c1-10(2)16-14(18)13(17)15-9-11(3)12-7-5-4-6-8-12/h4-8,10-11H,9H2,1-3H3,(H,15,17)(H,16,18)/t11-/m0/s1. The third-order valence-corrected chi connectivity index (χ3v) is 2.56. The summed E-state index contributed by atoms with van der Waals surface area (Å²) in [6.07, 6.45) is 0. The molecule has 0 spiro atoms. The summed E-state index contributed by atoms with van der Waals surface area (Å²) in [5, 5.41) is 5.19. The molecule has 0 radical (unpaired) electrons. The first-order valence-corrected chi connectivity index (χ1v) is 6.14. The number of nitrogens with one attached hydrogen (secondary N) is 2. The van der Waals surface area contributed by atoms with E-state index in [1.807, 2.05) is 51.1 Å². The second-order valence-corrected chi connectivity index (χ2v) is 4.65. The number of carbonyl (C=O) groups excluding carboxylic acids is 2. The van der Waals surface area contributed by atoms with Crippen molar-refractivity contribution in [3.8, 4) is 0 Å². The molecule has 1 aromatic rings. The van der Waals surface area contributed by atoms with Crippen molar-refractivity contribution in [2.45, 2.75) is 32.7 Å². The summed E-state index contributed by atoms with van der Waals surface area (Å²) in [5.41, 5.74) is 1.14. The molecule has 4 nitrogen and oxygen atoms in total. The monoisotopic (exact) mass is 248 g/mol. The highest BCUT2D eigenvalue weighted by Crippen LogP contribution is 2.12. The van der Waals surface area contributed by atoms with Gasteiger partial charge in [0.25, 0.3) is 0 Å². The van der Waals surface area contributed by atoms with Crippen LogP contribution in [0.1, 0.15) is 32.3 Å². The van der Waals surface area contributed by atoms with Crippen molar-refractivity contribution in [3.05, 3.63) is 35.9 Å². The first-order chi connectivity index (χ1) is 8.50. The van der Waals surface area contributed by atoms with Gasteiger partial charge >= 0.3 is 11.8 Å². The fourth-order valence-corrected chi connectivity index (χ4v) is 1.55. The van der Waals surface area contributed by atoms with Crippen LogP contribution >= 0.6 is 0 Å². The van der Waals surface area contributed by atoms with Gasteiger partial charge in [0.1, 0.15) is 0 Å². The van der Waals surface area contributed by atoms with Crippen LogP contribution in [0.2, 0.25) is 0 Å². The normalized spacial score (nSPS) is 12.0. The Hall–Kier alpha value is -1.84. The molecule has 0 saturated heterocycles. The van der Waals surface area contributed by atoms with Crippen LogP contribution in [0.25, 0.3) is 0 Å². The Morgan fingerprint density at radius 3 is 2.22 bits per heavy atom. The van der Waals surface area contributed by atoms with Crippen LogP contribution < -0.4 is 10.6 Å². The quantitative estimate of drug-likeness (QED) is 0.792. The van der Waals surface area contributed by atoms with Gasteiger partial charge in [-0.3, -0.25) is 9.59 Å². The Bertz CT molecular complexity index is 402. The van der Waals surface area contributed by atoms with E-state index in [-0.39, 0.29) is 12.0 Å². The average molecular weight is 248 g/mol. The molecule has 0 heterocycles. The molecule has 2 N–H and O–H groups in total. The van der Waals surface area contributed by atoms with Crippen LogP contribution in [0.5, 0.6) is 0 Å². The lowest BCUT2D eigenvalue weighted by Crippen LogP contribution is -2.43. The Balaban J connectivity index is 2.41. The van der Waals surface area contributed by atoms with Gasteiger partial charge in [0, 0.05) is 12.6 Å². The molecular weight excluding hydrogens is 228 g/mol. The highest BCUT2D eigenvalue weighted by molar-refractivity contribution is 6.35. The fraction of sp³-hybridized carbons (Fsp3) is 0.429. The molecule has 1 rings (SSSR count). The van der Waals surface area contributed by atoms with E-state index < -0.39 is 11.8 Å². The van der Waals surface area contributed by atoms with E-state index in [0.717, 1.165) is 5.56 Å². The molecule has 0 aliphatic rings. The third-order valence-electron chi connectivity index (χ3n) is 2.56. The SMILES string of the molecule is CC(C)NC(=O)C(=O)NC[C@H](C)c1ccccc1. The molecule has 2 amide bonds. The van der Waals surface area contributed by atoms with Crippen LogP contribution in [0.15, 0.2) is 30.3 Å². The Morgan fingerprint density at radius 1 is 1.06 bits per heavy atom. The predicted molar refractivity (Wildman–Crippen MR) is 71.1 cm³/mol. The van der Waals surface area contributed by atoms with Gasteiger partial charge in [-0.1, -0.05) is 37.3 Å². The molecule has 98 valence electrons. The Kier molecular flexibility index (Phi) is 5.36. The highest BCUT2D eigenvalue weighted by atomic mass is 16.2. The van der Waals surface area contributed by atoms with Gasteiger partial charge < -0.3 is 10.6 Å². The first-order valence-electron chi connectivity index (χ1n) is 6.14. The van der Waals surface area contributed by atoms with Crippen molar-refractivity contribution in [3.63, 3.8) is 0 Å². The highest BCUT2D eigenvalue weighted by Gasteiger charge is 2.15. The molecule has 0 bridgehead atoms. The van der Waals surface area contributed by atoms with Gasteiger partial charge in [0.2, 0.25) is 0 Å². The summed E-state index contributed by atoms with van der Waals surface area (Å²) in [6, 6.07) is 9.84. The van der Waals surface area contributed by atoms with Crippen molar-refractivity contribution < 1.29 is 9.59 Å². The molecule has 4 heteroatoms. The number of hydrogen-bond acceptors (Lipinski definition) is 2. The molecule has 0 aliphatic carbocycles. The lowest BCUT2D eigenvalue weighted by molar-refractivity contribution is -0.139. The average Bonchev–Trinajstić information content (AvgIpc) is 2.35. The van der Waals surface area contributed by atoms with Crippen LogP contribution in [0, 0.1) is 0 Å². The molecule has 0 aliphatic heterocycles. The minimum Gasteiger partial charge on any atom is -0.347 e. The maximum absolute atomic E-state index is 11.5. The molecule has 1 aromatic carbocycles. The molecule has 18 heavy (non-hydrogen) atoms. The first kappa shape index (κ1) is 14.2. The van der Waals surface area contributed by atoms with E-state index >= 15 is 0 Å². The number of benzene rings is 1. The van der Waals surface area contributed by atoms with Gasteiger partial charge in [-0.05, 0) is 25.3 Å². The van der Waals surface area contributed by atoms with Gasteiger partial charge in [0.05, 0.1) is 0 Å². The maximum atomic E-state index is 11.5. The molecule has 1 atom stereocenters. The van der Waals surface area contributed by atoms with Crippen molar-refractivity contribution in [1.82, 2.24) is 10.6 Å². The predicted octanol–water partition coefficient (Wildman–Crippen LogP) is 1.43. The van der Waals surface area contributed by atoms with Crippen LogP contribution in [0.3, 0.4) is 0 Å². The minimum atomic E-state index is -0.578. The molecule has 0 unspecified atom stereocenters. The van der Waals surface area contributed by atoms with Gasteiger partial charge in [0.15, 0.2) is 0 Å². The summed E-state index contributed by atoms with van der Waals surface area (Å²) in [5.74, 6) is -0.973. The van der Waals surface area contributed by atoms with Crippen molar-refractivity contribution in [1.29, 1.82) is 0 Å². The Morgan fingerprint density at radius 2 is 1.67 bits per heavy atom. The van der Waals surface area contributed by atoms with E-state index in [1.54, 1.807) is 0 Å². The van der Waals surface area contributed by atoms with E-state index in [0.29, 0.717) is 6.54 Å². The van der Waals surface area contributed by atoms with Crippen molar-refractivity contribution in [2.24, 2.45) is 0 Å². The number of rotatable bonds is 4. The number of amides is 2. The molecular formula is C14H20N2O2. The summed E-state index contributed by atoms with van der Waals surface area (Å²) in [6.45, 7) is 6.10. The van der Waals surface area contributed by atoms with E-state index in [1.165, 1.54) is 0 Å². The second-order valence-electron chi connectivity index (χ2n) is 4.65. The number of hydrogen-bond donors (Lipinski definition) is 2. The lowest BCUT2D eigenvalue weighted by Gasteiger charge is -2.13. The zero-order valence-electron chi connectivity index (χ0n) is 11.1. The zero-order valence-corrected chi connectivity index (χ0v) is 11.1. The summed E-state index contributed by atoms with van der Waals surface area (Å²) < 4.78 is 0. The number of carbonyl (C=O) groups is 2. The topological polar surface area (TPSA) is 58.2 Å². The second kappa shape index (κ2) is 6.79.